The maximum absolute atomic E-state index is 3.62. The van der Waals surface area contributed by atoms with Gasteiger partial charge in [0.1, 0.15) is 0 Å². The van der Waals surface area contributed by atoms with Gasteiger partial charge in [-0.3, -0.25) is 0 Å². The van der Waals surface area contributed by atoms with Crippen molar-refractivity contribution in [2.24, 2.45) is 14.1 Å². The molecule has 0 radical (unpaired) electrons. The lowest BCUT2D eigenvalue weighted by atomic mass is 10.2. The van der Waals surface area contributed by atoms with Gasteiger partial charge in [0.2, 0.25) is 0 Å². The summed E-state index contributed by atoms with van der Waals surface area (Å²) in [5.74, 6) is 0. The van der Waals surface area contributed by atoms with E-state index in [4.69, 9.17) is 0 Å². The Hall–Kier alpha value is -2.88. The summed E-state index contributed by atoms with van der Waals surface area (Å²) in [6.45, 7) is 0. The lowest BCUT2D eigenvalue weighted by Gasteiger charge is -2.09. The van der Waals surface area contributed by atoms with Crippen molar-refractivity contribution >= 4 is 0 Å². The van der Waals surface area contributed by atoms with Crippen molar-refractivity contribution in [2.75, 3.05) is 0 Å². The zero-order valence-corrected chi connectivity index (χ0v) is 15.3. The Morgan fingerprint density at radius 2 is 0.769 bits per heavy atom. The van der Waals surface area contributed by atoms with E-state index in [1.807, 2.05) is 0 Å². The van der Waals surface area contributed by atoms with E-state index in [1.165, 1.54) is 45.6 Å². The van der Waals surface area contributed by atoms with Gasteiger partial charge in [0.15, 0.2) is 0 Å². The number of aromatic amines is 2. The van der Waals surface area contributed by atoms with E-state index in [0.29, 0.717) is 0 Å². The standard InChI is InChI=1S/C22H24N4/c1-25-19-7-8-20(25)12-16-4-6-18(24-16)14-22-10-9-21(26(22)2)13-17-5-3-15(11-19)23-17/h3-10,23-24H,11-14H2,1-2H3. The third-order valence-corrected chi connectivity index (χ3v) is 5.76. The molecule has 0 atom stereocenters. The minimum Gasteiger partial charge on any atom is -0.362 e. The largest absolute Gasteiger partial charge is 0.362 e. The van der Waals surface area contributed by atoms with E-state index in [2.05, 4.69) is 81.7 Å². The van der Waals surface area contributed by atoms with Gasteiger partial charge in [-0.2, -0.15) is 0 Å². The predicted molar refractivity (Wildman–Crippen MR) is 104 cm³/mol. The first-order valence-electron chi connectivity index (χ1n) is 9.26. The summed E-state index contributed by atoms with van der Waals surface area (Å²) < 4.78 is 4.66. The molecular formula is C22H24N4. The molecule has 0 fully saturated rings. The van der Waals surface area contributed by atoms with Gasteiger partial charge in [0.05, 0.1) is 0 Å². The Bertz CT molecular complexity index is 907. The van der Waals surface area contributed by atoms with Crippen LogP contribution in [0.25, 0.3) is 0 Å². The fourth-order valence-electron chi connectivity index (χ4n) is 4.09. The second kappa shape index (κ2) is 5.84. The topological polar surface area (TPSA) is 41.4 Å². The fourth-order valence-corrected chi connectivity index (χ4v) is 4.09. The van der Waals surface area contributed by atoms with E-state index in [1.54, 1.807) is 0 Å². The van der Waals surface area contributed by atoms with Gasteiger partial charge in [0, 0.05) is 85.3 Å². The fraction of sp³-hybridized carbons (Fsp3) is 0.273. The Labute approximate surface area is 153 Å². The smallest absolute Gasteiger partial charge is 0.0280 e. The minimum absolute atomic E-state index is 0.935. The van der Waals surface area contributed by atoms with E-state index in [9.17, 15) is 0 Å². The predicted octanol–water partition coefficient (Wildman–Crippen LogP) is 3.70. The number of rotatable bonds is 0. The molecule has 1 aliphatic heterocycles. The van der Waals surface area contributed by atoms with Crippen LogP contribution in [0.15, 0.2) is 48.5 Å². The highest BCUT2D eigenvalue weighted by molar-refractivity contribution is 5.30. The highest BCUT2D eigenvalue weighted by atomic mass is 15.0. The second-order valence-electron chi connectivity index (χ2n) is 7.47. The molecule has 0 aliphatic carbocycles. The summed E-state index contributed by atoms with van der Waals surface area (Å²) in [5.41, 5.74) is 10.5. The van der Waals surface area contributed by atoms with Crippen LogP contribution in [0, 0.1) is 0 Å². The summed E-state index contributed by atoms with van der Waals surface area (Å²) in [6, 6.07) is 17.9. The summed E-state index contributed by atoms with van der Waals surface area (Å²) in [6.07, 6.45) is 3.74. The molecule has 4 aromatic rings. The molecule has 8 bridgehead atoms. The van der Waals surface area contributed by atoms with Crippen molar-refractivity contribution in [3.8, 4) is 0 Å². The lowest BCUT2D eigenvalue weighted by molar-refractivity contribution is 0.773. The van der Waals surface area contributed by atoms with Crippen molar-refractivity contribution in [1.29, 1.82) is 0 Å². The molecule has 0 saturated carbocycles. The number of H-pyrrole nitrogens is 2. The van der Waals surface area contributed by atoms with Gasteiger partial charge in [-0.25, -0.2) is 0 Å². The summed E-state index contributed by atoms with van der Waals surface area (Å²) in [4.78, 5) is 7.23. The van der Waals surface area contributed by atoms with Crippen LogP contribution < -0.4 is 0 Å². The molecule has 0 unspecified atom stereocenters. The minimum atomic E-state index is 0.935. The number of nitrogens with one attached hydrogen (secondary N) is 2. The van der Waals surface area contributed by atoms with Crippen LogP contribution in [0.2, 0.25) is 0 Å². The lowest BCUT2D eigenvalue weighted by Crippen LogP contribution is -2.05. The second-order valence-corrected chi connectivity index (χ2v) is 7.47. The van der Waals surface area contributed by atoms with Gasteiger partial charge in [-0.1, -0.05) is 0 Å². The van der Waals surface area contributed by atoms with Crippen LogP contribution in [-0.2, 0) is 39.8 Å². The Morgan fingerprint density at radius 3 is 1.04 bits per heavy atom. The molecule has 4 heteroatoms. The molecule has 0 aromatic carbocycles. The normalized spacial score (nSPS) is 13.9. The van der Waals surface area contributed by atoms with E-state index >= 15 is 0 Å². The van der Waals surface area contributed by atoms with Crippen LogP contribution >= 0.6 is 0 Å². The summed E-state index contributed by atoms with van der Waals surface area (Å²) in [5, 5.41) is 0. The van der Waals surface area contributed by atoms with Crippen LogP contribution in [0.1, 0.15) is 45.6 Å². The third-order valence-electron chi connectivity index (χ3n) is 5.76. The summed E-state index contributed by atoms with van der Waals surface area (Å²) >= 11 is 0. The quantitative estimate of drug-likeness (QED) is 0.430. The number of aromatic nitrogens is 4. The SMILES string of the molecule is Cn1c2ccc1Cc1ccc([nH]1)Cc1ccc(n1C)Cc1ccc([nH]1)C2. The van der Waals surface area contributed by atoms with Crippen molar-refractivity contribution in [1.82, 2.24) is 19.1 Å². The van der Waals surface area contributed by atoms with Crippen molar-refractivity contribution < 1.29 is 0 Å². The van der Waals surface area contributed by atoms with Crippen LogP contribution in [-0.4, -0.2) is 19.1 Å². The number of hydrogen-bond donors (Lipinski definition) is 2. The number of fused-ring (bicyclic) bond motifs is 8. The highest BCUT2D eigenvalue weighted by Crippen LogP contribution is 2.20. The molecule has 5 heterocycles. The van der Waals surface area contributed by atoms with Crippen LogP contribution in [0.3, 0.4) is 0 Å². The van der Waals surface area contributed by atoms with Gasteiger partial charge < -0.3 is 19.1 Å². The molecule has 26 heavy (non-hydrogen) atoms. The molecule has 0 saturated heterocycles. The first-order valence-corrected chi connectivity index (χ1v) is 9.26. The Kier molecular flexibility index (Phi) is 3.45. The molecule has 132 valence electrons. The third kappa shape index (κ3) is 2.62. The van der Waals surface area contributed by atoms with Gasteiger partial charge in [-0.15, -0.1) is 0 Å². The first kappa shape index (κ1) is 15.4. The van der Waals surface area contributed by atoms with Crippen LogP contribution in [0.4, 0.5) is 0 Å². The zero-order valence-electron chi connectivity index (χ0n) is 15.3. The van der Waals surface area contributed by atoms with Crippen molar-refractivity contribution in [3.63, 3.8) is 0 Å². The average molecular weight is 344 g/mol. The van der Waals surface area contributed by atoms with Gasteiger partial charge in [0.25, 0.3) is 0 Å². The first-order chi connectivity index (χ1) is 12.7. The van der Waals surface area contributed by atoms with Crippen LogP contribution in [0.5, 0.6) is 0 Å². The molecule has 4 aromatic heterocycles. The van der Waals surface area contributed by atoms with Gasteiger partial charge >= 0.3 is 0 Å². The van der Waals surface area contributed by atoms with E-state index in [0.717, 1.165) is 25.7 Å². The molecule has 0 spiro atoms. The molecule has 0 amide bonds. The maximum atomic E-state index is 3.62. The van der Waals surface area contributed by atoms with Gasteiger partial charge in [-0.05, 0) is 48.5 Å². The van der Waals surface area contributed by atoms with E-state index in [-0.39, 0.29) is 0 Å². The van der Waals surface area contributed by atoms with Crippen molar-refractivity contribution in [2.45, 2.75) is 25.7 Å². The number of hydrogen-bond acceptors (Lipinski definition) is 0. The highest BCUT2D eigenvalue weighted by Gasteiger charge is 2.12. The zero-order chi connectivity index (χ0) is 17.7. The average Bonchev–Trinajstić information content (AvgIpc) is 3.39. The monoisotopic (exact) mass is 344 g/mol. The molecule has 2 N–H and O–H groups in total. The summed E-state index contributed by atoms with van der Waals surface area (Å²) in [7, 11) is 4.35. The Morgan fingerprint density at radius 1 is 0.500 bits per heavy atom. The molecule has 1 aliphatic rings. The molecular weight excluding hydrogens is 320 g/mol. The number of nitrogens with zero attached hydrogens (tertiary/aromatic N) is 2. The van der Waals surface area contributed by atoms with E-state index < -0.39 is 0 Å². The molecule has 4 nitrogen and oxygen atoms in total. The molecule has 5 rings (SSSR count). The Balaban J connectivity index is 1.59. The maximum Gasteiger partial charge on any atom is 0.0280 e. The van der Waals surface area contributed by atoms with Crippen molar-refractivity contribution in [3.05, 3.63) is 94.1 Å².